The molecular formula is C21H20F4N8. The number of alkyl halides is 3. The van der Waals surface area contributed by atoms with Crippen molar-refractivity contribution in [3.8, 4) is 11.1 Å². The van der Waals surface area contributed by atoms with Crippen LogP contribution in [0, 0.1) is 16.8 Å². The van der Waals surface area contributed by atoms with Gasteiger partial charge < -0.3 is 16.0 Å². The number of allylic oxidation sites excluding steroid dienone is 1. The Bertz CT molecular complexity index is 1180. The van der Waals surface area contributed by atoms with E-state index >= 15 is 0 Å². The number of H-pyrrole nitrogens is 1. The van der Waals surface area contributed by atoms with E-state index in [1.54, 1.807) is 18.2 Å². The number of nitrogen functional groups attached to an aromatic ring is 1. The molecule has 6 N–H and O–H groups in total. The summed E-state index contributed by atoms with van der Waals surface area (Å²) < 4.78 is 52.2. The maximum atomic E-state index is 13.9. The molecule has 0 radical (unpaired) electrons. The Morgan fingerprint density at radius 1 is 1.27 bits per heavy atom. The normalized spacial score (nSPS) is 12.9. The van der Waals surface area contributed by atoms with Gasteiger partial charge in [-0.15, -0.1) is 0 Å². The van der Waals surface area contributed by atoms with Crippen LogP contribution in [0.4, 0.5) is 23.2 Å². The number of amidine groups is 1. The number of nitrogens with zero attached hydrogens (tertiary/aromatic N) is 3. The number of hydrogen-bond acceptors (Lipinski definition) is 6. The molecular weight excluding hydrogens is 440 g/mol. The van der Waals surface area contributed by atoms with E-state index in [2.05, 4.69) is 25.4 Å². The predicted molar refractivity (Wildman–Crippen MR) is 114 cm³/mol. The van der Waals surface area contributed by atoms with Gasteiger partial charge in [0.05, 0.1) is 17.1 Å². The lowest BCUT2D eigenvalue weighted by Gasteiger charge is -2.14. The van der Waals surface area contributed by atoms with Crippen molar-refractivity contribution >= 4 is 11.5 Å². The Hall–Kier alpha value is -4.09. The molecule has 33 heavy (non-hydrogen) atoms. The van der Waals surface area contributed by atoms with Crippen molar-refractivity contribution < 1.29 is 17.6 Å². The van der Waals surface area contributed by atoms with Crippen molar-refractivity contribution in [1.29, 1.82) is 10.9 Å². The van der Waals surface area contributed by atoms with Gasteiger partial charge in [-0.3, -0.25) is 5.41 Å². The first-order chi connectivity index (χ1) is 15.7. The summed E-state index contributed by atoms with van der Waals surface area (Å²) in [6, 6.07) is 7.60. The Morgan fingerprint density at radius 3 is 2.48 bits per heavy atom. The number of aromatic nitrogens is 3. The molecule has 0 saturated heterocycles. The standard InChI is InChI=1S/C21H20F4N8/c1-2-12(17(33-28)10-29-15-6-4-3-5-14(15)22)16-7-13(18(32-16)19(26)27)11-8-30-20(31-9-11)21(23,24)25/h3-10,12,28-29,32H,2H2,1H3,(H3,26,27)/b17-10-,33-28?. The number of halogens is 4. The van der Waals surface area contributed by atoms with Crippen molar-refractivity contribution in [2.75, 3.05) is 5.32 Å². The molecule has 3 rings (SSSR count). The van der Waals surface area contributed by atoms with Gasteiger partial charge >= 0.3 is 6.18 Å². The maximum absolute atomic E-state index is 13.9. The van der Waals surface area contributed by atoms with Crippen molar-refractivity contribution in [2.45, 2.75) is 25.4 Å². The monoisotopic (exact) mass is 460 g/mol. The first-order valence-corrected chi connectivity index (χ1v) is 9.71. The number of anilines is 1. The molecule has 0 aliphatic rings. The molecule has 2 aromatic heterocycles. The van der Waals surface area contributed by atoms with Crippen LogP contribution in [-0.4, -0.2) is 20.8 Å². The van der Waals surface area contributed by atoms with Gasteiger partial charge in [-0.25, -0.2) is 19.9 Å². The predicted octanol–water partition coefficient (Wildman–Crippen LogP) is 5.39. The van der Waals surface area contributed by atoms with Crippen molar-refractivity contribution in [1.82, 2.24) is 15.0 Å². The second-order valence-electron chi connectivity index (χ2n) is 6.99. The van der Waals surface area contributed by atoms with E-state index < -0.39 is 23.7 Å². The average molecular weight is 460 g/mol. The van der Waals surface area contributed by atoms with Crippen LogP contribution in [0.2, 0.25) is 0 Å². The number of nitrogens with two attached hydrogens (primary N) is 1. The SMILES string of the molecule is CCC(/C(=C/Nc1ccccc1F)N=N)c1cc(-c2cnc(C(F)(F)F)nc2)c(C(=N)N)[nH]1. The lowest BCUT2D eigenvalue weighted by atomic mass is 9.98. The second kappa shape index (κ2) is 9.59. The van der Waals surface area contributed by atoms with Crippen molar-refractivity contribution in [3.05, 3.63) is 77.7 Å². The van der Waals surface area contributed by atoms with E-state index in [1.165, 1.54) is 18.3 Å². The Morgan fingerprint density at radius 2 is 1.94 bits per heavy atom. The van der Waals surface area contributed by atoms with Gasteiger partial charge in [-0.1, -0.05) is 19.1 Å². The molecule has 1 atom stereocenters. The fourth-order valence-corrected chi connectivity index (χ4v) is 3.25. The topological polar surface area (TPSA) is 140 Å². The molecule has 3 aromatic rings. The fourth-order valence-electron chi connectivity index (χ4n) is 3.25. The van der Waals surface area contributed by atoms with Gasteiger partial charge in [0.2, 0.25) is 5.82 Å². The summed E-state index contributed by atoms with van der Waals surface area (Å²) in [6.07, 6.45) is -0.815. The van der Waals surface area contributed by atoms with Gasteiger partial charge in [-0.2, -0.15) is 18.3 Å². The molecule has 0 aliphatic heterocycles. The molecule has 0 bridgehead atoms. The smallest absolute Gasteiger partial charge is 0.382 e. The quantitative estimate of drug-likeness (QED) is 0.133. The first kappa shape index (κ1) is 23.6. The highest BCUT2D eigenvalue weighted by Crippen LogP contribution is 2.34. The van der Waals surface area contributed by atoms with E-state index in [0.29, 0.717) is 17.7 Å². The molecule has 12 heteroatoms. The molecule has 8 nitrogen and oxygen atoms in total. The molecule has 0 fully saturated rings. The third-order valence-electron chi connectivity index (χ3n) is 4.84. The lowest BCUT2D eigenvalue weighted by molar-refractivity contribution is -0.144. The number of aromatic amines is 1. The number of para-hydroxylation sites is 1. The Labute approximate surface area is 186 Å². The van der Waals surface area contributed by atoms with Crippen LogP contribution in [-0.2, 0) is 6.18 Å². The molecule has 172 valence electrons. The van der Waals surface area contributed by atoms with E-state index in [4.69, 9.17) is 16.7 Å². The summed E-state index contributed by atoms with van der Waals surface area (Å²) in [6.45, 7) is 1.84. The Balaban J connectivity index is 1.98. The number of rotatable bonds is 8. The van der Waals surface area contributed by atoms with Crippen LogP contribution >= 0.6 is 0 Å². The number of benzene rings is 1. The zero-order valence-corrected chi connectivity index (χ0v) is 17.3. The lowest BCUT2D eigenvalue weighted by Crippen LogP contribution is -2.14. The zero-order chi connectivity index (χ0) is 24.2. The van der Waals surface area contributed by atoms with Gasteiger partial charge in [0.25, 0.3) is 0 Å². The molecule has 1 unspecified atom stereocenters. The van der Waals surface area contributed by atoms with Crippen LogP contribution in [0.25, 0.3) is 11.1 Å². The zero-order valence-electron chi connectivity index (χ0n) is 17.3. The summed E-state index contributed by atoms with van der Waals surface area (Å²) in [5, 5.41) is 14.2. The van der Waals surface area contributed by atoms with E-state index in [1.807, 2.05) is 6.92 Å². The van der Waals surface area contributed by atoms with Crippen LogP contribution in [0.5, 0.6) is 0 Å². The minimum Gasteiger partial charge on any atom is -0.382 e. The molecule has 0 spiro atoms. The average Bonchev–Trinajstić information content (AvgIpc) is 3.22. The van der Waals surface area contributed by atoms with E-state index in [-0.39, 0.29) is 28.5 Å². The van der Waals surface area contributed by atoms with Crippen LogP contribution < -0.4 is 11.1 Å². The Kier molecular flexibility index (Phi) is 6.85. The molecule has 0 amide bonds. The summed E-state index contributed by atoms with van der Waals surface area (Å²) in [4.78, 5) is 9.70. The van der Waals surface area contributed by atoms with Crippen LogP contribution in [0.15, 0.2) is 59.7 Å². The maximum Gasteiger partial charge on any atom is 0.451 e. The third-order valence-corrected chi connectivity index (χ3v) is 4.84. The highest BCUT2D eigenvalue weighted by Gasteiger charge is 2.34. The van der Waals surface area contributed by atoms with Gasteiger partial charge in [0, 0.05) is 41.3 Å². The van der Waals surface area contributed by atoms with Crippen LogP contribution in [0.1, 0.15) is 36.5 Å². The van der Waals surface area contributed by atoms with Crippen molar-refractivity contribution in [3.63, 3.8) is 0 Å². The largest absolute Gasteiger partial charge is 0.451 e. The first-order valence-electron chi connectivity index (χ1n) is 9.71. The highest BCUT2D eigenvalue weighted by molar-refractivity contribution is 6.00. The van der Waals surface area contributed by atoms with E-state index in [9.17, 15) is 17.6 Å². The molecule has 1 aromatic carbocycles. The van der Waals surface area contributed by atoms with Gasteiger partial charge in [-0.05, 0) is 24.6 Å². The third kappa shape index (κ3) is 5.22. The highest BCUT2D eigenvalue weighted by atomic mass is 19.4. The molecule has 2 heterocycles. The summed E-state index contributed by atoms with van der Waals surface area (Å²) >= 11 is 0. The van der Waals surface area contributed by atoms with Crippen molar-refractivity contribution in [2.24, 2.45) is 10.8 Å². The minimum absolute atomic E-state index is 0.165. The fraction of sp³-hybridized carbons (Fsp3) is 0.190. The second-order valence-corrected chi connectivity index (χ2v) is 6.99. The minimum atomic E-state index is -4.68. The number of nitrogens with one attached hydrogen (secondary N) is 4. The summed E-state index contributed by atoms with van der Waals surface area (Å²) in [7, 11) is 0. The van der Waals surface area contributed by atoms with Gasteiger partial charge in [0.15, 0.2) is 0 Å². The summed E-state index contributed by atoms with van der Waals surface area (Å²) in [5.41, 5.74) is 14.9. The molecule has 0 saturated carbocycles. The summed E-state index contributed by atoms with van der Waals surface area (Å²) in [5.74, 6) is -2.59. The number of hydrogen-bond donors (Lipinski definition) is 5. The van der Waals surface area contributed by atoms with Crippen LogP contribution in [0.3, 0.4) is 0 Å². The molecule has 0 aliphatic carbocycles. The van der Waals surface area contributed by atoms with E-state index in [0.717, 1.165) is 12.4 Å². The van der Waals surface area contributed by atoms with Gasteiger partial charge in [0.1, 0.15) is 11.7 Å².